The van der Waals surface area contributed by atoms with Gasteiger partial charge >= 0.3 is 0 Å². The van der Waals surface area contributed by atoms with Crippen LogP contribution in [0.4, 0.5) is 5.82 Å². The molecular formula is C25H30ClN5. The van der Waals surface area contributed by atoms with Crippen LogP contribution in [0.2, 0.25) is 5.02 Å². The first-order valence-corrected chi connectivity index (χ1v) is 11.1. The van der Waals surface area contributed by atoms with Crippen LogP contribution in [0.5, 0.6) is 0 Å². The number of piperidine rings is 1. The number of likely N-dealkylation sites (tertiary alicyclic amines) is 1. The number of aromatic nitrogens is 3. The second-order valence-corrected chi connectivity index (χ2v) is 9.83. The molecule has 3 heterocycles. The van der Waals surface area contributed by atoms with E-state index < -0.39 is 0 Å². The van der Waals surface area contributed by atoms with Crippen LogP contribution < -0.4 is 5.32 Å². The van der Waals surface area contributed by atoms with Crippen molar-refractivity contribution in [1.82, 2.24) is 19.9 Å². The lowest BCUT2D eigenvalue weighted by Gasteiger charge is -2.56. The van der Waals surface area contributed by atoms with E-state index in [2.05, 4.69) is 49.9 Å². The molecule has 4 rings (SSSR count). The van der Waals surface area contributed by atoms with Crippen LogP contribution in [0.3, 0.4) is 0 Å². The van der Waals surface area contributed by atoms with E-state index in [9.17, 15) is 0 Å². The SMILES string of the molecule is CN1CCC(Nc2cc(-c3ccc(Cl)cc3)nc(-c3cccnc3)n2)C(C)(C)C1(C)C. The molecule has 2 aromatic heterocycles. The van der Waals surface area contributed by atoms with Gasteiger partial charge in [0.1, 0.15) is 5.82 Å². The van der Waals surface area contributed by atoms with Gasteiger partial charge in [0.25, 0.3) is 0 Å². The number of nitrogens with zero attached hydrogens (tertiary/aromatic N) is 4. The summed E-state index contributed by atoms with van der Waals surface area (Å²) in [4.78, 5) is 16.4. The van der Waals surface area contributed by atoms with Gasteiger partial charge in [0, 0.05) is 58.2 Å². The van der Waals surface area contributed by atoms with Crippen LogP contribution in [0.15, 0.2) is 54.9 Å². The molecule has 31 heavy (non-hydrogen) atoms. The lowest BCUT2D eigenvalue weighted by Crippen LogP contribution is -2.63. The van der Waals surface area contributed by atoms with Gasteiger partial charge in [-0.25, -0.2) is 9.97 Å². The molecular weight excluding hydrogens is 406 g/mol. The second-order valence-electron chi connectivity index (χ2n) is 9.40. The zero-order valence-electron chi connectivity index (χ0n) is 18.9. The number of rotatable bonds is 4. The number of anilines is 1. The third kappa shape index (κ3) is 4.17. The van der Waals surface area contributed by atoms with Gasteiger partial charge in [0.2, 0.25) is 0 Å². The van der Waals surface area contributed by atoms with E-state index in [4.69, 9.17) is 21.6 Å². The summed E-state index contributed by atoms with van der Waals surface area (Å²) in [5, 5.41) is 4.46. The predicted octanol–water partition coefficient (Wildman–Crippen LogP) is 5.78. The van der Waals surface area contributed by atoms with Crippen molar-refractivity contribution in [1.29, 1.82) is 0 Å². The number of nitrogens with one attached hydrogen (secondary N) is 1. The molecule has 1 aliphatic heterocycles. The predicted molar refractivity (Wildman–Crippen MR) is 128 cm³/mol. The molecule has 1 atom stereocenters. The third-order valence-corrected chi connectivity index (χ3v) is 7.52. The summed E-state index contributed by atoms with van der Waals surface area (Å²) < 4.78 is 0. The Labute approximate surface area is 189 Å². The van der Waals surface area contributed by atoms with Crippen LogP contribution in [0.1, 0.15) is 34.1 Å². The minimum atomic E-state index is 0.0415. The van der Waals surface area contributed by atoms with E-state index in [0.717, 1.165) is 35.6 Å². The smallest absolute Gasteiger partial charge is 0.163 e. The Morgan fingerprint density at radius 2 is 1.77 bits per heavy atom. The van der Waals surface area contributed by atoms with Gasteiger partial charge in [-0.2, -0.15) is 0 Å². The van der Waals surface area contributed by atoms with E-state index in [1.54, 1.807) is 12.4 Å². The largest absolute Gasteiger partial charge is 0.367 e. The normalized spacial score (nSPS) is 20.4. The molecule has 1 fully saturated rings. The summed E-state index contributed by atoms with van der Waals surface area (Å²) in [6.45, 7) is 10.4. The van der Waals surface area contributed by atoms with Gasteiger partial charge in [-0.1, -0.05) is 37.6 Å². The Bertz CT molecular complexity index is 1050. The van der Waals surface area contributed by atoms with Crippen molar-refractivity contribution in [3.05, 3.63) is 59.9 Å². The average Bonchev–Trinajstić information content (AvgIpc) is 2.76. The summed E-state index contributed by atoms with van der Waals surface area (Å²) in [5.41, 5.74) is 2.85. The van der Waals surface area contributed by atoms with Crippen molar-refractivity contribution in [2.24, 2.45) is 5.41 Å². The molecule has 0 spiro atoms. The molecule has 5 nitrogen and oxygen atoms in total. The molecule has 162 valence electrons. The molecule has 0 amide bonds. The maximum Gasteiger partial charge on any atom is 0.163 e. The quantitative estimate of drug-likeness (QED) is 0.562. The Kier molecular flexibility index (Phi) is 5.75. The van der Waals surface area contributed by atoms with Crippen molar-refractivity contribution in [3.63, 3.8) is 0 Å². The molecule has 1 N–H and O–H groups in total. The van der Waals surface area contributed by atoms with Crippen molar-refractivity contribution in [2.75, 3.05) is 18.9 Å². The van der Waals surface area contributed by atoms with E-state index in [1.165, 1.54) is 0 Å². The topological polar surface area (TPSA) is 53.9 Å². The molecule has 0 radical (unpaired) electrons. The van der Waals surface area contributed by atoms with E-state index >= 15 is 0 Å². The molecule has 3 aromatic rings. The number of hydrogen-bond donors (Lipinski definition) is 1. The minimum Gasteiger partial charge on any atom is -0.367 e. The zero-order chi connectivity index (χ0) is 22.2. The summed E-state index contributed by atoms with van der Waals surface area (Å²) in [6, 6.07) is 14.0. The van der Waals surface area contributed by atoms with Crippen LogP contribution in [0.25, 0.3) is 22.6 Å². The second kappa shape index (κ2) is 8.21. The molecule has 0 saturated carbocycles. The fraction of sp³-hybridized carbons (Fsp3) is 0.400. The number of pyridine rings is 1. The Morgan fingerprint density at radius 1 is 1.03 bits per heavy atom. The molecule has 0 aliphatic carbocycles. The van der Waals surface area contributed by atoms with Gasteiger partial charge < -0.3 is 10.2 Å². The van der Waals surface area contributed by atoms with Gasteiger partial charge in [-0.3, -0.25) is 4.98 Å². The van der Waals surface area contributed by atoms with Crippen molar-refractivity contribution < 1.29 is 0 Å². The molecule has 6 heteroatoms. The fourth-order valence-corrected chi connectivity index (χ4v) is 4.35. The van der Waals surface area contributed by atoms with Crippen molar-refractivity contribution >= 4 is 17.4 Å². The molecule has 1 aliphatic rings. The van der Waals surface area contributed by atoms with Gasteiger partial charge in [0.05, 0.1) is 5.69 Å². The van der Waals surface area contributed by atoms with E-state index in [-0.39, 0.29) is 17.0 Å². The lowest BCUT2D eigenvalue weighted by atomic mass is 9.65. The number of hydrogen-bond acceptors (Lipinski definition) is 5. The first-order chi connectivity index (χ1) is 14.7. The minimum absolute atomic E-state index is 0.0415. The number of halogens is 1. The third-order valence-electron chi connectivity index (χ3n) is 7.26. The van der Waals surface area contributed by atoms with Crippen LogP contribution in [0, 0.1) is 5.41 Å². The molecule has 0 bridgehead atoms. The highest BCUT2D eigenvalue weighted by Crippen LogP contribution is 2.44. The van der Waals surface area contributed by atoms with Gasteiger partial charge in [-0.05, 0) is 51.6 Å². The zero-order valence-corrected chi connectivity index (χ0v) is 19.6. The Morgan fingerprint density at radius 3 is 2.45 bits per heavy atom. The van der Waals surface area contributed by atoms with Gasteiger partial charge in [-0.15, -0.1) is 0 Å². The summed E-state index contributed by atoms with van der Waals surface area (Å²) in [7, 11) is 2.21. The monoisotopic (exact) mass is 435 g/mol. The van der Waals surface area contributed by atoms with Crippen LogP contribution in [-0.4, -0.2) is 45.0 Å². The average molecular weight is 436 g/mol. The molecule has 1 unspecified atom stereocenters. The summed E-state index contributed by atoms with van der Waals surface area (Å²) >= 11 is 6.10. The highest BCUT2D eigenvalue weighted by molar-refractivity contribution is 6.30. The summed E-state index contributed by atoms with van der Waals surface area (Å²) in [6.07, 6.45) is 4.61. The van der Waals surface area contributed by atoms with Gasteiger partial charge in [0.15, 0.2) is 5.82 Å². The highest BCUT2D eigenvalue weighted by atomic mass is 35.5. The lowest BCUT2D eigenvalue weighted by molar-refractivity contribution is -0.0217. The summed E-state index contributed by atoms with van der Waals surface area (Å²) in [5.74, 6) is 1.49. The maximum atomic E-state index is 6.10. The molecule has 1 aromatic carbocycles. The first-order valence-electron chi connectivity index (χ1n) is 10.7. The Balaban J connectivity index is 1.75. The van der Waals surface area contributed by atoms with Crippen molar-refractivity contribution in [3.8, 4) is 22.6 Å². The van der Waals surface area contributed by atoms with Crippen molar-refractivity contribution in [2.45, 2.75) is 45.7 Å². The maximum absolute atomic E-state index is 6.10. The fourth-order valence-electron chi connectivity index (χ4n) is 4.23. The standard InChI is InChI=1S/C25H30ClN5/c1-24(2)21(12-14-31(5)25(24,3)4)29-22-15-20(17-8-10-19(26)11-9-17)28-23(30-22)18-7-6-13-27-16-18/h6-11,13,15-16,21H,12,14H2,1-5H3,(H,28,29,30). The highest BCUT2D eigenvalue weighted by Gasteiger charge is 2.48. The van der Waals surface area contributed by atoms with E-state index in [1.807, 2.05) is 42.5 Å². The van der Waals surface area contributed by atoms with E-state index in [0.29, 0.717) is 10.8 Å². The van der Waals surface area contributed by atoms with Crippen LogP contribution in [-0.2, 0) is 0 Å². The first kappa shape index (κ1) is 21.7. The van der Waals surface area contributed by atoms with Crippen LogP contribution >= 0.6 is 11.6 Å². The Hall–Kier alpha value is -2.50. The number of benzene rings is 1. The molecule has 1 saturated heterocycles.